The molecule has 0 spiro atoms. The molecule has 0 saturated carbocycles. The van der Waals surface area contributed by atoms with E-state index in [-0.39, 0.29) is 12.4 Å². The molecule has 1 saturated heterocycles. The molecule has 0 bridgehead atoms. The second kappa shape index (κ2) is 9.06. The second-order valence-electron chi connectivity index (χ2n) is 5.78. The number of carbonyl (C=O) groups is 1. The van der Waals surface area contributed by atoms with Gasteiger partial charge in [0.05, 0.1) is 0 Å². The zero-order chi connectivity index (χ0) is 14.4. The summed E-state index contributed by atoms with van der Waals surface area (Å²) in [5.41, 5.74) is 2.62. The van der Waals surface area contributed by atoms with Crippen LogP contribution >= 0.6 is 12.4 Å². The van der Waals surface area contributed by atoms with Crippen LogP contribution in [0.4, 0.5) is 0 Å². The van der Waals surface area contributed by atoms with Gasteiger partial charge in [-0.1, -0.05) is 29.8 Å². The van der Waals surface area contributed by atoms with Crippen molar-refractivity contribution in [2.45, 2.75) is 45.1 Å². The molecule has 0 aromatic heterocycles. The summed E-state index contributed by atoms with van der Waals surface area (Å²) in [5.74, 6) is 0.326. The van der Waals surface area contributed by atoms with E-state index in [9.17, 15) is 4.79 Å². The maximum absolute atomic E-state index is 12.1. The lowest BCUT2D eigenvalue weighted by Gasteiger charge is -2.31. The Kier molecular flexibility index (Phi) is 7.76. The highest BCUT2D eigenvalue weighted by atomic mass is 35.5. The number of rotatable bonds is 5. The van der Waals surface area contributed by atoms with E-state index in [0.29, 0.717) is 18.4 Å². The molecule has 0 atom stereocenters. The molecule has 118 valence electrons. The number of piperidine rings is 1. The fourth-order valence-corrected chi connectivity index (χ4v) is 2.77. The van der Waals surface area contributed by atoms with Crippen molar-refractivity contribution in [3.05, 3.63) is 35.4 Å². The van der Waals surface area contributed by atoms with Gasteiger partial charge in [0, 0.05) is 25.6 Å². The molecule has 1 aromatic carbocycles. The molecule has 4 heteroatoms. The van der Waals surface area contributed by atoms with Crippen LogP contribution in [-0.4, -0.2) is 37.0 Å². The topological polar surface area (TPSA) is 32.3 Å². The average molecular weight is 311 g/mol. The van der Waals surface area contributed by atoms with Crippen molar-refractivity contribution in [2.24, 2.45) is 0 Å². The van der Waals surface area contributed by atoms with Gasteiger partial charge >= 0.3 is 0 Å². The Labute approximate surface area is 134 Å². The van der Waals surface area contributed by atoms with E-state index >= 15 is 0 Å². The van der Waals surface area contributed by atoms with Crippen LogP contribution in [0.1, 0.15) is 36.8 Å². The van der Waals surface area contributed by atoms with Gasteiger partial charge in [0.25, 0.3) is 0 Å². The highest BCUT2D eigenvalue weighted by Gasteiger charge is 2.21. The van der Waals surface area contributed by atoms with Gasteiger partial charge in [-0.2, -0.15) is 0 Å². The van der Waals surface area contributed by atoms with Crippen LogP contribution in [0.3, 0.4) is 0 Å². The van der Waals surface area contributed by atoms with E-state index in [0.717, 1.165) is 38.8 Å². The normalized spacial score (nSPS) is 15.6. The summed E-state index contributed by atoms with van der Waals surface area (Å²) < 4.78 is 0. The van der Waals surface area contributed by atoms with E-state index in [1.807, 2.05) is 11.9 Å². The molecule has 1 aliphatic heterocycles. The molecular formula is C17H27ClN2O. The molecule has 1 amide bonds. The van der Waals surface area contributed by atoms with Crippen molar-refractivity contribution >= 4 is 18.3 Å². The van der Waals surface area contributed by atoms with Crippen molar-refractivity contribution in [3.8, 4) is 0 Å². The van der Waals surface area contributed by atoms with Crippen LogP contribution in [0.15, 0.2) is 24.3 Å². The molecule has 2 rings (SSSR count). The third-order valence-corrected chi connectivity index (χ3v) is 4.23. The van der Waals surface area contributed by atoms with Crippen LogP contribution in [-0.2, 0) is 11.2 Å². The van der Waals surface area contributed by atoms with E-state index in [4.69, 9.17) is 0 Å². The Hall–Kier alpha value is -1.06. The lowest BCUT2D eigenvalue weighted by Crippen LogP contribution is -2.43. The van der Waals surface area contributed by atoms with Crippen molar-refractivity contribution in [1.82, 2.24) is 10.2 Å². The van der Waals surface area contributed by atoms with Gasteiger partial charge in [-0.25, -0.2) is 0 Å². The largest absolute Gasteiger partial charge is 0.343 e. The molecular weight excluding hydrogens is 284 g/mol. The Bertz CT molecular complexity index is 425. The number of hydrogen-bond acceptors (Lipinski definition) is 2. The number of nitrogens with zero attached hydrogens (tertiary/aromatic N) is 1. The van der Waals surface area contributed by atoms with Gasteiger partial charge in [-0.15, -0.1) is 12.4 Å². The number of amides is 1. The number of halogens is 1. The zero-order valence-corrected chi connectivity index (χ0v) is 13.9. The summed E-state index contributed by atoms with van der Waals surface area (Å²) in [6.45, 7) is 3.92. The minimum atomic E-state index is 0. The lowest BCUT2D eigenvalue weighted by atomic mass is 10.0. The van der Waals surface area contributed by atoms with E-state index in [1.54, 1.807) is 0 Å². The Morgan fingerprint density at radius 1 is 1.24 bits per heavy atom. The third kappa shape index (κ3) is 5.68. The molecule has 1 N–H and O–H groups in total. The average Bonchev–Trinajstić information content (AvgIpc) is 2.49. The minimum Gasteiger partial charge on any atom is -0.343 e. The van der Waals surface area contributed by atoms with Crippen molar-refractivity contribution in [2.75, 3.05) is 20.1 Å². The first-order chi connectivity index (χ1) is 9.69. The molecule has 0 unspecified atom stereocenters. The summed E-state index contributed by atoms with van der Waals surface area (Å²) in [6.07, 6.45) is 4.80. The van der Waals surface area contributed by atoms with Gasteiger partial charge in [-0.3, -0.25) is 4.79 Å². The predicted octanol–water partition coefficient (Wildman–Crippen LogP) is 2.95. The molecule has 0 radical (unpaired) electrons. The second-order valence-corrected chi connectivity index (χ2v) is 5.78. The predicted molar refractivity (Wildman–Crippen MR) is 90.0 cm³/mol. The third-order valence-electron chi connectivity index (χ3n) is 4.23. The van der Waals surface area contributed by atoms with Crippen LogP contribution in [0, 0.1) is 6.92 Å². The first-order valence-electron chi connectivity index (χ1n) is 7.69. The maximum Gasteiger partial charge on any atom is 0.222 e. The van der Waals surface area contributed by atoms with Crippen molar-refractivity contribution in [3.63, 3.8) is 0 Å². The smallest absolute Gasteiger partial charge is 0.222 e. The Morgan fingerprint density at radius 3 is 2.43 bits per heavy atom. The molecule has 1 fully saturated rings. The van der Waals surface area contributed by atoms with Gasteiger partial charge in [0.1, 0.15) is 0 Å². The number of carbonyl (C=O) groups excluding carboxylic acids is 1. The number of likely N-dealkylation sites (tertiary alicyclic amines) is 1. The van der Waals surface area contributed by atoms with Crippen molar-refractivity contribution < 1.29 is 4.79 Å². The highest BCUT2D eigenvalue weighted by molar-refractivity contribution is 5.85. The zero-order valence-electron chi connectivity index (χ0n) is 13.1. The fraction of sp³-hybridized carbons (Fsp3) is 0.588. The van der Waals surface area contributed by atoms with E-state index in [1.165, 1.54) is 11.1 Å². The molecule has 1 heterocycles. The van der Waals surface area contributed by atoms with Gasteiger partial charge in [0.15, 0.2) is 0 Å². The van der Waals surface area contributed by atoms with Crippen LogP contribution in [0.5, 0.6) is 0 Å². The quantitative estimate of drug-likeness (QED) is 0.907. The standard InChI is InChI=1S/C17H26N2O.ClH/c1-14-6-8-15(9-7-14)4-3-5-17(20)19-12-10-16(18-2)11-13-19;/h6-9,16,18H,3-5,10-13H2,1-2H3;1H. The number of aryl methyl sites for hydroxylation is 2. The van der Waals surface area contributed by atoms with Gasteiger partial charge < -0.3 is 10.2 Å². The van der Waals surface area contributed by atoms with Gasteiger partial charge in [0.2, 0.25) is 5.91 Å². The first kappa shape index (κ1) is 18.0. The van der Waals surface area contributed by atoms with Crippen LogP contribution in [0.2, 0.25) is 0 Å². The lowest BCUT2D eigenvalue weighted by molar-refractivity contribution is -0.132. The fourth-order valence-electron chi connectivity index (χ4n) is 2.77. The summed E-state index contributed by atoms with van der Waals surface area (Å²) in [7, 11) is 2.00. The molecule has 3 nitrogen and oxygen atoms in total. The summed E-state index contributed by atoms with van der Waals surface area (Å²) in [4.78, 5) is 14.2. The molecule has 1 aromatic rings. The number of benzene rings is 1. The number of nitrogens with one attached hydrogen (secondary N) is 1. The molecule has 21 heavy (non-hydrogen) atoms. The summed E-state index contributed by atoms with van der Waals surface area (Å²) in [5, 5.41) is 3.29. The first-order valence-corrected chi connectivity index (χ1v) is 7.69. The van der Waals surface area contributed by atoms with E-state index < -0.39 is 0 Å². The van der Waals surface area contributed by atoms with Crippen LogP contribution in [0.25, 0.3) is 0 Å². The minimum absolute atomic E-state index is 0. The summed E-state index contributed by atoms with van der Waals surface area (Å²) in [6, 6.07) is 9.20. The Morgan fingerprint density at radius 2 is 1.86 bits per heavy atom. The monoisotopic (exact) mass is 310 g/mol. The van der Waals surface area contributed by atoms with Crippen LogP contribution < -0.4 is 5.32 Å². The molecule has 1 aliphatic rings. The SMILES string of the molecule is CNC1CCN(C(=O)CCCc2ccc(C)cc2)CC1.Cl. The molecule has 0 aliphatic carbocycles. The number of hydrogen-bond donors (Lipinski definition) is 1. The highest BCUT2D eigenvalue weighted by Crippen LogP contribution is 2.13. The summed E-state index contributed by atoms with van der Waals surface area (Å²) >= 11 is 0. The maximum atomic E-state index is 12.1. The Balaban J connectivity index is 0.00000220. The van der Waals surface area contributed by atoms with Crippen molar-refractivity contribution in [1.29, 1.82) is 0 Å². The van der Waals surface area contributed by atoms with Gasteiger partial charge in [-0.05, 0) is 45.2 Å². The van der Waals surface area contributed by atoms with E-state index in [2.05, 4.69) is 36.5 Å².